The van der Waals surface area contributed by atoms with Crippen molar-refractivity contribution in [2.75, 3.05) is 4.90 Å². The fraction of sp³-hybridized carbons (Fsp3) is 0. The SMILES string of the molecule is c1ccc(-c2ccc(-c3ccc(N(c4cc5ccc6cccc7c8cccc9ccc%10cccc(c(c4)c5c67)c%10c98)c4ccc5c6ccccc6n(-c6ccccc6)c5c4)cc3)cc2)cc1. The highest BCUT2D eigenvalue weighted by Crippen LogP contribution is 2.47. The first kappa shape index (κ1) is 36.7. The highest BCUT2D eigenvalue weighted by Gasteiger charge is 2.21. The molecular formula is C64H40N2. The highest BCUT2D eigenvalue weighted by molar-refractivity contribution is 6.37. The van der Waals surface area contributed by atoms with E-state index in [2.05, 4.69) is 252 Å². The molecule has 14 rings (SSSR count). The summed E-state index contributed by atoms with van der Waals surface area (Å²) in [6.07, 6.45) is 0. The van der Waals surface area contributed by atoms with E-state index in [0.29, 0.717) is 0 Å². The molecular weight excluding hydrogens is 797 g/mol. The topological polar surface area (TPSA) is 8.17 Å². The molecule has 66 heavy (non-hydrogen) atoms. The number of para-hydroxylation sites is 2. The average molecular weight is 837 g/mol. The highest BCUT2D eigenvalue weighted by atomic mass is 15.1. The van der Waals surface area contributed by atoms with Gasteiger partial charge in [-0.1, -0.05) is 188 Å². The summed E-state index contributed by atoms with van der Waals surface area (Å²) in [5.74, 6) is 0. The van der Waals surface area contributed by atoms with Crippen molar-refractivity contribution in [3.8, 4) is 27.9 Å². The summed E-state index contributed by atoms with van der Waals surface area (Å²) in [4.78, 5) is 2.47. The summed E-state index contributed by atoms with van der Waals surface area (Å²) in [7, 11) is 0. The third-order valence-corrected chi connectivity index (χ3v) is 14.0. The van der Waals surface area contributed by atoms with Gasteiger partial charge in [0.25, 0.3) is 0 Å². The lowest BCUT2D eigenvalue weighted by Gasteiger charge is -2.27. The van der Waals surface area contributed by atoms with Gasteiger partial charge in [-0.2, -0.15) is 0 Å². The Bertz CT molecular complexity index is 4180. The summed E-state index contributed by atoms with van der Waals surface area (Å²) >= 11 is 0. The van der Waals surface area contributed by atoms with Crippen molar-refractivity contribution >= 4 is 104 Å². The molecule has 1 heterocycles. The number of anilines is 3. The number of aromatic nitrogens is 1. The minimum absolute atomic E-state index is 1.09. The van der Waals surface area contributed by atoms with E-state index >= 15 is 0 Å². The van der Waals surface area contributed by atoms with Crippen LogP contribution in [0.25, 0.3) is 114 Å². The van der Waals surface area contributed by atoms with Gasteiger partial charge in [-0.05, 0) is 141 Å². The third kappa shape index (κ3) is 5.55. The van der Waals surface area contributed by atoms with E-state index in [0.717, 1.165) is 22.7 Å². The predicted molar refractivity (Wildman–Crippen MR) is 283 cm³/mol. The molecule has 0 amide bonds. The molecule has 1 aromatic heterocycles. The van der Waals surface area contributed by atoms with Crippen molar-refractivity contribution in [3.05, 3.63) is 243 Å². The Morgan fingerprint density at radius 2 is 0.697 bits per heavy atom. The Morgan fingerprint density at radius 1 is 0.242 bits per heavy atom. The van der Waals surface area contributed by atoms with Crippen LogP contribution in [0, 0.1) is 0 Å². The molecule has 0 radical (unpaired) electrons. The molecule has 0 spiro atoms. The second-order valence-electron chi connectivity index (χ2n) is 17.6. The molecule has 0 unspecified atom stereocenters. The van der Waals surface area contributed by atoms with Crippen LogP contribution in [-0.2, 0) is 0 Å². The van der Waals surface area contributed by atoms with Gasteiger partial charge in [0.15, 0.2) is 0 Å². The van der Waals surface area contributed by atoms with Crippen LogP contribution in [0.1, 0.15) is 0 Å². The fourth-order valence-electron chi connectivity index (χ4n) is 11.1. The first-order valence-electron chi connectivity index (χ1n) is 22.8. The molecule has 0 aliphatic heterocycles. The number of benzene rings is 12. The van der Waals surface area contributed by atoms with Crippen LogP contribution in [0.15, 0.2) is 243 Å². The van der Waals surface area contributed by atoms with E-state index in [4.69, 9.17) is 0 Å². The summed E-state index contributed by atoms with van der Waals surface area (Å²) in [6.45, 7) is 0. The summed E-state index contributed by atoms with van der Waals surface area (Å²) in [6, 6.07) is 89.8. The van der Waals surface area contributed by atoms with Crippen molar-refractivity contribution < 1.29 is 0 Å². The molecule has 14 aromatic rings. The number of rotatable bonds is 6. The fourth-order valence-corrected chi connectivity index (χ4v) is 11.1. The molecule has 13 aromatic carbocycles. The Balaban J connectivity index is 1.05. The van der Waals surface area contributed by atoms with Gasteiger partial charge in [0, 0.05) is 33.5 Å². The molecule has 2 nitrogen and oxygen atoms in total. The van der Waals surface area contributed by atoms with E-state index in [9.17, 15) is 0 Å². The van der Waals surface area contributed by atoms with E-state index < -0.39 is 0 Å². The Kier molecular flexibility index (Phi) is 8.02. The minimum atomic E-state index is 1.09. The van der Waals surface area contributed by atoms with Crippen molar-refractivity contribution in [2.24, 2.45) is 0 Å². The number of nitrogens with zero attached hydrogens (tertiary/aromatic N) is 2. The third-order valence-electron chi connectivity index (χ3n) is 14.0. The van der Waals surface area contributed by atoms with Crippen LogP contribution < -0.4 is 4.90 Å². The molecule has 0 aliphatic rings. The number of hydrogen-bond acceptors (Lipinski definition) is 1. The number of hydrogen-bond donors (Lipinski definition) is 0. The van der Waals surface area contributed by atoms with Gasteiger partial charge >= 0.3 is 0 Å². The van der Waals surface area contributed by atoms with Crippen LogP contribution in [0.2, 0.25) is 0 Å². The van der Waals surface area contributed by atoms with Gasteiger partial charge in [0.1, 0.15) is 0 Å². The monoisotopic (exact) mass is 836 g/mol. The molecule has 0 saturated heterocycles. The molecule has 306 valence electrons. The van der Waals surface area contributed by atoms with E-state index in [1.807, 2.05) is 0 Å². The van der Waals surface area contributed by atoms with Crippen molar-refractivity contribution in [1.29, 1.82) is 0 Å². The van der Waals surface area contributed by atoms with Crippen molar-refractivity contribution in [1.82, 2.24) is 4.57 Å². The van der Waals surface area contributed by atoms with Gasteiger partial charge in [-0.15, -0.1) is 0 Å². The summed E-state index contributed by atoms with van der Waals surface area (Å²) in [5.41, 5.74) is 11.6. The molecule has 0 fully saturated rings. The Hall–Kier alpha value is -8.72. The van der Waals surface area contributed by atoms with Crippen LogP contribution in [0.5, 0.6) is 0 Å². The number of fused-ring (bicyclic) bond motifs is 5. The maximum Gasteiger partial charge on any atom is 0.0561 e. The predicted octanol–water partition coefficient (Wildman–Crippen LogP) is 17.9. The largest absolute Gasteiger partial charge is 0.310 e. The second kappa shape index (κ2) is 14.4. The zero-order valence-corrected chi connectivity index (χ0v) is 36.0. The lowest BCUT2D eigenvalue weighted by Crippen LogP contribution is -2.10. The second-order valence-corrected chi connectivity index (χ2v) is 17.6. The lowest BCUT2D eigenvalue weighted by molar-refractivity contribution is 1.18. The zero-order chi connectivity index (χ0) is 43.3. The first-order valence-corrected chi connectivity index (χ1v) is 22.8. The van der Waals surface area contributed by atoms with E-state index in [1.165, 1.54) is 109 Å². The molecule has 0 saturated carbocycles. The average Bonchev–Trinajstić information content (AvgIpc) is 3.72. The minimum Gasteiger partial charge on any atom is -0.310 e. The summed E-state index contributed by atoms with van der Waals surface area (Å²) < 4.78 is 2.42. The van der Waals surface area contributed by atoms with Crippen molar-refractivity contribution in [3.63, 3.8) is 0 Å². The first-order chi connectivity index (χ1) is 32.7. The van der Waals surface area contributed by atoms with E-state index in [-0.39, 0.29) is 0 Å². The standard InChI is InChI=1S/C64H40N2/c1-3-12-41(13-4-1)42-24-26-43(27-25-42)44-32-34-50(35-33-44)65(51-36-37-54-53-19-7-8-23-59(53)66(60(54)40-51)49-17-5-2-6-18-49)52-38-48-31-30-47-15-10-21-56-55-20-9-14-45-28-29-46-16-11-22-57(63(46)61(45)55)58(39-52)64(48)62(47)56/h1-40H. The molecule has 0 atom stereocenters. The van der Waals surface area contributed by atoms with Crippen LogP contribution in [-0.4, -0.2) is 4.57 Å². The lowest BCUT2D eigenvalue weighted by atomic mass is 9.87. The van der Waals surface area contributed by atoms with Crippen LogP contribution in [0.3, 0.4) is 0 Å². The van der Waals surface area contributed by atoms with Gasteiger partial charge < -0.3 is 9.47 Å². The van der Waals surface area contributed by atoms with E-state index in [1.54, 1.807) is 0 Å². The smallest absolute Gasteiger partial charge is 0.0561 e. The Labute approximate surface area is 381 Å². The summed E-state index contributed by atoms with van der Waals surface area (Å²) in [5, 5.41) is 17.7. The molecule has 0 aliphatic carbocycles. The quantitative estimate of drug-likeness (QED) is 0.152. The Morgan fingerprint density at radius 3 is 1.32 bits per heavy atom. The molecule has 0 N–H and O–H groups in total. The maximum atomic E-state index is 2.47. The molecule has 0 bridgehead atoms. The van der Waals surface area contributed by atoms with Gasteiger partial charge in [0.05, 0.1) is 11.0 Å². The van der Waals surface area contributed by atoms with Crippen LogP contribution >= 0.6 is 0 Å². The van der Waals surface area contributed by atoms with Crippen molar-refractivity contribution in [2.45, 2.75) is 0 Å². The van der Waals surface area contributed by atoms with Crippen LogP contribution in [0.4, 0.5) is 17.1 Å². The normalized spacial score (nSPS) is 11.9. The van der Waals surface area contributed by atoms with Gasteiger partial charge in [0.2, 0.25) is 0 Å². The zero-order valence-electron chi connectivity index (χ0n) is 36.0. The maximum absolute atomic E-state index is 2.47. The van der Waals surface area contributed by atoms with Gasteiger partial charge in [-0.3, -0.25) is 0 Å². The molecule has 2 heteroatoms. The van der Waals surface area contributed by atoms with Gasteiger partial charge in [-0.25, -0.2) is 0 Å².